The number of ether oxygens (including phenoxy) is 1. The summed E-state index contributed by atoms with van der Waals surface area (Å²) in [6.07, 6.45) is 8.57. The quantitative estimate of drug-likeness (QED) is 0.383. The molecule has 4 saturated carbocycles. The normalized spacial score (nSPS) is 45.2. The van der Waals surface area contributed by atoms with Gasteiger partial charge in [0, 0.05) is 6.54 Å². The molecule has 1 unspecified atom stereocenters. The summed E-state index contributed by atoms with van der Waals surface area (Å²) >= 11 is 0. The molecule has 0 saturated heterocycles. The molecule has 208 valence electrons. The molecule has 6 heteroatoms. The highest BCUT2D eigenvalue weighted by Gasteiger charge is 2.64. The number of aliphatic hydroxyl groups excluding tert-OH is 2. The van der Waals surface area contributed by atoms with E-state index in [2.05, 4.69) is 33.0 Å². The number of amides is 1. The number of hydrogen-bond donors (Lipinski definition) is 4. The molecule has 0 radical (unpaired) electrons. The summed E-state index contributed by atoms with van der Waals surface area (Å²) in [4.78, 5) is 12.0. The highest BCUT2D eigenvalue weighted by atomic mass is 16.5. The Balaban J connectivity index is 1.42. The number of fused-ring (bicyclic) bond motifs is 5. The van der Waals surface area contributed by atoms with E-state index in [0.29, 0.717) is 48.0 Å². The maximum absolute atomic E-state index is 12.0. The monoisotopic (exact) mass is 507 g/mol. The van der Waals surface area contributed by atoms with Crippen LogP contribution in [0.5, 0.6) is 0 Å². The lowest BCUT2D eigenvalue weighted by Gasteiger charge is -2.64. The summed E-state index contributed by atoms with van der Waals surface area (Å²) in [7, 11) is 0. The lowest BCUT2D eigenvalue weighted by molar-refractivity contribution is -0.203. The third-order valence-electron chi connectivity index (χ3n) is 11.6. The van der Waals surface area contributed by atoms with Gasteiger partial charge in [-0.1, -0.05) is 34.1 Å². The molecule has 0 aromatic rings. The number of carbonyl (C=O) groups is 1. The highest BCUT2D eigenvalue weighted by molar-refractivity contribution is 5.67. The topological polar surface area (TPSA) is 99.0 Å². The van der Waals surface area contributed by atoms with E-state index in [-0.39, 0.29) is 29.6 Å². The fourth-order valence-corrected chi connectivity index (χ4v) is 9.81. The molecule has 1 amide bonds. The zero-order valence-electron chi connectivity index (χ0n) is 23.6. The van der Waals surface area contributed by atoms with Crippen LogP contribution in [0.3, 0.4) is 0 Å². The molecule has 0 aliphatic heterocycles. The summed E-state index contributed by atoms with van der Waals surface area (Å²) in [5, 5.41) is 34.8. The van der Waals surface area contributed by atoms with Crippen molar-refractivity contribution in [2.45, 2.75) is 117 Å². The zero-order valence-corrected chi connectivity index (χ0v) is 23.6. The third-order valence-corrected chi connectivity index (χ3v) is 11.6. The van der Waals surface area contributed by atoms with E-state index in [0.717, 1.165) is 32.1 Å². The average molecular weight is 508 g/mol. The minimum atomic E-state index is -0.951. The molecule has 4 N–H and O–H groups in total. The maximum atomic E-state index is 12.0. The number of nitrogens with one attached hydrogen (secondary N) is 1. The van der Waals surface area contributed by atoms with Crippen LogP contribution in [0.4, 0.5) is 4.79 Å². The maximum Gasteiger partial charge on any atom is 0.407 e. The first kappa shape index (κ1) is 28.2. The van der Waals surface area contributed by atoms with E-state index in [1.807, 2.05) is 0 Å². The molecule has 4 fully saturated rings. The van der Waals surface area contributed by atoms with Gasteiger partial charge in [-0.25, -0.2) is 4.79 Å². The number of hydrogen-bond acceptors (Lipinski definition) is 5. The third kappa shape index (κ3) is 5.08. The standard InChI is InChI=1S/C30H53NO5/c1-7-20-24-16-19(32)10-13-30(24,6)23-11-14-29(5)21(8-9-22(29)25(23)26(20)33)18(2)12-15-36-27(34)31-17-28(3,4)35/h18-26,32-33,35H,7-17H2,1-6H3,(H,31,34)/t18-,19-,20-,21-,22+,23+,24?,25+,26-,29-,30-/m1/s1. The van der Waals surface area contributed by atoms with E-state index in [1.165, 1.54) is 25.7 Å². The van der Waals surface area contributed by atoms with Crippen LogP contribution in [0, 0.1) is 52.3 Å². The van der Waals surface area contributed by atoms with Crippen molar-refractivity contribution in [3.05, 3.63) is 0 Å². The van der Waals surface area contributed by atoms with Crippen molar-refractivity contribution in [1.29, 1.82) is 0 Å². The van der Waals surface area contributed by atoms with Crippen LogP contribution in [0.25, 0.3) is 0 Å². The van der Waals surface area contributed by atoms with Gasteiger partial charge in [-0.15, -0.1) is 0 Å². The van der Waals surface area contributed by atoms with Crippen LogP contribution in [-0.2, 0) is 4.74 Å². The van der Waals surface area contributed by atoms with Crippen molar-refractivity contribution in [2.24, 2.45) is 52.3 Å². The molecule has 11 atom stereocenters. The Hall–Kier alpha value is -0.850. The molecular weight excluding hydrogens is 454 g/mol. The van der Waals surface area contributed by atoms with Crippen molar-refractivity contribution in [3.8, 4) is 0 Å². The van der Waals surface area contributed by atoms with Gasteiger partial charge in [-0.3, -0.25) is 0 Å². The predicted octanol–water partition coefficient (Wildman–Crippen LogP) is 5.14. The number of carbonyl (C=O) groups excluding carboxylic acids is 1. The van der Waals surface area contributed by atoms with E-state index in [1.54, 1.807) is 13.8 Å². The Morgan fingerprint density at radius 1 is 1.06 bits per heavy atom. The second-order valence-electron chi connectivity index (χ2n) is 14.2. The summed E-state index contributed by atoms with van der Waals surface area (Å²) in [6, 6.07) is 0. The van der Waals surface area contributed by atoms with Crippen molar-refractivity contribution < 1.29 is 24.9 Å². The minimum absolute atomic E-state index is 0.173. The van der Waals surface area contributed by atoms with Gasteiger partial charge >= 0.3 is 6.09 Å². The molecule has 36 heavy (non-hydrogen) atoms. The molecule has 4 rings (SSSR count). The zero-order chi connectivity index (χ0) is 26.5. The molecule has 0 spiro atoms. The second-order valence-corrected chi connectivity index (χ2v) is 14.2. The van der Waals surface area contributed by atoms with E-state index < -0.39 is 11.7 Å². The summed E-state index contributed by atoms with van der Waals surface area (Å²) in [5.41, 5.74) is -0.493. The van der Waals surface area contributed by atoms with Gasteiger partial charge in [0.25, 0.3) is 0 Å². The fourth-order valence-electron chi connectivity index (χ4n) is 9.81. The van der Waals surface area contributed by atoms with Crippen LogP contribution in [0.2, 0.25) is 0 Å². The highest BCUT2D eigenvalue weighted by Crippen LogP contribution is 2.69. The van der Waals surface area contributed by atoms with Crippen LogP contribution >= 0.6 is 0 Å². The fraction of sp³-hybridized carbons (Fsp3) is 0.967. The molecule has 0 aromatic heterocycles. The largest absolute Gasteiger partial charge is 0.450 e. The van der Waals surface area contributed by atoms with E-state index >= 15 is 0 Å². The molecule has 0 aromatic carbocycles. The second kappa shape index (κ2) is 10.4. The Bertz CT molecular complexity index is 782. The van der Waals surface area contributed by atoms with Crippen LogP contribution in [0.1, 0.15) is 99.3 Å². The van der Waals surface area contributed by atoms with Gasteiger partial charge in [-0.2, -0.15) is 0 Å². The first-order valence-corrected chi connectivity index (χ1v) is 14.8. The smallest absolute Gasteiger partial charge is 0.407 e. The van der Waals surface area contributed by atoms with Crippen LogP contribution in [0.15, 0.2) is 0 Å². The predicted molar refractivity (Wildman–Crippen MR) is 141 cm³/mol. The molecule has 4 aliphatic carbocycles. The molecular formula is C30H53NO5. The first-order chi connectivity index (χ1) is 16.8. The molecule has 6 nitrogen and oxygen atoms in total. The Kier molecular flexibility index (Phi) is 8.12. The van der Waals surface area contributed by atoms with Gasteiger partial charge in [0.05, 0.1) is 24.4 Å². The minimum Gasteiger partial charge on any atom is -0.450 e. The van der Waals surface area contributed by atoms with Gasteiger partial charge in [0.1, 0.15) is 0 Å². The van der Waals surface area contributed by atoms with Crippen molar-refractivity contribution >= 4 is 6.09 Å². The number of alkyl carbamates (subject to hydrolysis) is 1. The molecule has 0 bridgehead atoms. The summed E-state index contributed by atoms with van der Waals surface area (Å²) < 4.78 is 5.43. The van der Waals surface area contributed by atoms with Crippen LogP contribution in [-0.4, -0.2) is 52.4 Å². The van der Waals surface area contributed by atoms with E-state index in [9.17, 15) is 20.1 Å². The Morgan fingerprint density at radius 2 is 1.72 bits per heavy atom. The lowest BCUT2D eigenvalue weighted by Crippen LogP contribution is -2.62. The Morgan fingerprint density at radius 3 is 2.39 bits per heavy atom. The molecule has 0 heterocycles. The number of aliphatic hydroxyl groups is 3. The van der Waals surface area contributed by atoms with Gasteiger partial charge in [0.2, 0.25) is 0 Å². The van der Waals surface area contributed by atoms with E-state index in [4.69, 9.17) is 4.74 Å². The summed E-state index contributed by atoms with van der Waals surface area (Å²) in [6.45, 7) is 13.4. The number of rotatable bonds is 7. The van der Waals surface area contributed by atoms with Crippen LogP contribution < -0.4 is 5.32 Å². The SMILES string of the molecule is CC[C@@H]1C2C[C@H](O)CC[C@]2(C)[C@H]2CC[C@]3(C)[C@@H]([C@H](C)CCOC(=O)NCC(C)(C)O)CC[C@H]3[C@@H]2[C@@H]1O. The van der Waals surface area contributed by atoms with Gasteiger partial charge < -0.3 is 25.4 Å². The van der Waals surface area contributed by atoms with Crippen molar-refractivity contribution in [3.63, 3.8) is 0 Å². The van der Waals surface area contributed by atoms with Gasteiger partial charge in [-0.05, 0) is 117 Å². The first-order valence-electron chi connectivity index (χ1n) is 14.8. The van der Waals surface area contributed by atoms with Crippen molar-refractivity contribution in [1.82, 2.24) is 5.32 Å². The average Bonchev–Trinajstić information content (AvgIpc) is 3.16. The van der Waals surface area contributed by atoms with Gasteiger partial charge in [0.15, 0.2) is 0 Å². The lowest BCUT2D eigenvalue weighted by atomic mass is 9.41. The molecule has 4 aliphatic rings. The summed E-state index contributed by atoms with van der Waals surface area (Å²) in [5.74, 6) is 3.23. The van der Waals surface area contributed by atoms with Crippen molar-refractivity contribution in [2.75, 3.05) is 13.2 Å². The Labute approximate surface area is 219 Å².